The van der Waals surface area contributed by atoms with Crippen molar-refractivity contribution in [3.8, 4) is 0 Å². The third-order valence-electron chi connectivity index (χ3n) is 5.58. The van der Waals surface area contributed by atoms with Crippen LogP contribution >= 0.6 is 0 Å². The van der Waals surface area contributed by atoms with Crippen molar-refractivity contribution in [2.24, 2.45) is 5.92 Å². The maximum atomic E-state index is 12.4. The molecule has 5 heteroatoms. The minimum absolute atomic E-state index is 0.236. The van der Waals surface area contributed by atoms with Gasteiger partial charge in [-0.05, 0) is 61.4 Å². The molecule has 2 heterocycles. The van der Waals surface area contributed by atoms with Crippen LogP contribution in [-0.2, 0) is 6.42 Å². The quantitative estimate of drug-likeness (QED) is 0.702. The summed E-state index contributed by atoms with van der Waals surface area (Å²) in [5.41, 5.74) is 3.55. The second-order valence-electron chi connectivity index (χ2n) is 7.67. The van der Waals surface area contributed by atoms with Crippen LogP contribution in [0.2, 0.25) is 0 Å². The van der Waals surface area contributed by atoms with E-state index in [2.05, 4.69) is 50.7 Å². The number of amides is 1. The van der Waals surface area contributed by atoms with Gasteiger partial charge >= 0.3 is 0 Å². The molecule has 0 aliphatic carbocycles. The molecule has 2 aromatic carbocycles. The number of aryl methyl sites for hydroxylation is 1. The molecule has 0 atom stereocenters. The monoisotopic (exact) mass is 386 g/mol. The van der Waals surface area contributed by atoms with Gasteiger partial charge < -0.3 is 10.2 Å². The number of carbonyl (C=O) groups excluding carboxylic acids is 1. The van der Waals surface area contributed by atoms with Crippen LogP contribution in [0.1, 0.15) is 34.5 Å². The number of nitrogens with one attached hydrogen (secondary N) is 1. The van der Waals surface area contributed by atoms with Crippen molar-refractivity contribution in [3.05, 3.63) is 83.6 Å². The number of piperidine rings is 1. The van der Waals surface area contributed by atoms with Gasteiger partial charge in [0.05, 0.1) is 0 Å². The first-order valence-electron chi connectivity index (χ1n) is 10.2. The fraction of sp³-hybridized carbons (Fsp3) is 0.292. The molecular formula is C24H26N4O. The SMILES string of the molecule is Cc1ccccc1NC(=O)c1ccc(N2CCC(Cc3ccccc3)CC2)nn1. The molecule has 0 bridgehead atoms. The molecule has 1 aliphatic heterocycles. The van der Waals surface area contributed by atoms with Gasteiger partial charge in [-0.15, -0.1) is 10.2 Å². The van der Waals surface area contributed by atoms with Crippen molar-refractivity contribution in [1.29, 1.82) is 0 Å². The Kier molecular flexibility index (Phi) is 5.84. The van der Waals surface area contributed by atoms with Crippen LogP contribution in [0.4, 0.5) is 11.5 Å². The maximum Gasteiger partial charge on any atom is 0.276 e. The molecule has 5 nitrogen and oxygen atoms in total. The summed E-state index contributed by atoms with van der Waals surface area (Å²) in [5.74, 6) is 1.32. The van der Waals surface area contributed by atoms with Gasteiger partial charge in [-0.1, -0.05) is 48.5 Å². The van der Waals surface area contributed by atoms with Gasteiger partial charge in [0.2, 0.25) is 0 Å². The Morgan fingerprint density at radius 1 is 0.966 bits per heavy atom. The Morgan fingerprint density at radius 3 is 2.38 bits per heavy atom. The number of para-hydroxylation sites is 1. The van der Waals surface area contributed by atoms with E-state index < -0.39 is 0 Å². The minimum atomic E-state index is -0.236. The molecule has 1 N–H and O–H groups in total. The molecular weight excluding hydrogens is 360 g/mol. The Morgan fingerprint density at radius 2 is 1.69 bits per heavy atom. The van der Waals surface area contributed by atoms with Crippen LogP contribution in [0.5, 0.6) is 0 Å². The predicted octanol–water partition coefficient (Wildman–Crippen LogP) is 4.50. The van der Waals surface area contributed by atoms with Gasteiger partial charge in [0.1, 0.15) is 0 Å². The highest BCUT2D eigenvalue weighted by Gasteiger charge is 2.21. The molecule has 1 saturated heterocycles. The number of nitrogens with zero attached hydrogens (tertiary/aromatic N) is 3. The van der Waals surface area contributed by atoms with Crippen molar-refractivity contribution >= 4 is 17.4 Å². The van der Waals surface area contributed by atoms with Crippen LogP contribution in [0.25, 0.3) is 0 Å². The fourth-order valence-corrected chi connectivity index (χ4v) is 3.83. The molecule has 0 unspecified atom stereocenters. The summed E-state index contributed by atoms with van der Waals surface area (Å²) in [5, 5.41) is 11.4. The summed E-state index contributed by atoms with van der Waals surface area (Å²) >= 11 is 0. The molecule has 4 rings (SSSR count). The van der Waals surface area contributed by atoms with Gasteiger partial charge in [-0.25, -0.2) is 0 Å². The lowest BCUT2D eigenvalue weighted by Crippen LogP contribution is -2.35. The van der Waals surface area contributed by atoms with Crippen molar-refractivity contribution in [1.82, 2.24) is 10.2 Å². The standard InChI is InChI=1S/C24H26N4O/c1-18-7-5-6-10-21(18)25-24(29)22-11-12-23(27-26-22)28-15-13-20(14-16-28)17-19-8-3-2-4-9-19/h2-12,20H,13-17H2,1H3,(H,25,29). The van der Waals surface area contributed by atoms with Crippen LogP contribution in [0.15, 0.2) is 66.7 Å². The molecule has 0 spiro atoms. The van der Waals surface area contributed by atoms with E-state index >= 15 is 0 Å². The van der Waals surface area contributed by atoms with E-state index in [0.717, 1.165) is 49.4 Å². The molecule has 3 aromatic rings. The number of hydrogen-bond acceptors (Lipinski definition) is 4. The van der Waals surface area contributed by atoms with E-state index in [1.165, 1.54) is 5.56 Å². The molecule has 29 heavy (non-hydrogen) atoms. The van der Waals surface area contributed by atoms with E-state index in [4.69, 9.17) is 0 Å². The first-order chi connectivity index (χ1) is 14.2. The largest absolute Gasteiger partial charge is 0.355 e. The average Bonchev–Trinajstić information content (AvgIpc) is 2.77. The first-order valence-corrected chi connectivity index (χ1v) is 10.2. The van der Waals surface area contributed by atoms with Gasteiger partial charge in [-0.2, -0.15) is 0 Å². The highest BCUT2D eigenvalue weighted by molar-refractivity contribution is 6.03. The van der Waals surface area contributed by atoms with E-state index in [1.54, 1.807) is 6.07 Å². The van der Waals surface area contributed by atoms with Crippen LogP contribution in [-0.4, -0.2) is 29.2 Å². The minimum Gasteiger partial charge on any atom is -0.355 e. The summed E-state index contributed by atoms with van der Waals surface area (Å²) in [7, 11) is 0. The number of benzene rings is 2. The third-order valence-corrected chi connectivity index (χ3v) is 5.58. The van der Waals surface area contributed by atoms with Crippen molar-refractivity contribution in [3.63, 3.8) is 0 Å². The summed E-state index contributed by atoms with van der Waals surface area (Å²) in [6.07, 6.45) is 3.43. The number of anilines is 2. The van der Waals surface area contributed by atoms with Gasteiger partial charge in [0.15, 0.2) is 11.5 Å². The molecule has 1 fully saturated rings. The van der Waals surface area contributed by atoms with Crippen molar-refractivity contribution in [2.45, 2.75) is 26.2 Å². The topological polar surface area (TPSA) is 58.1 Å². The van der Waals surface area contributed by atoms with Gasteiger partial charge in [0.25, 0.3) is 5.91 Å². The fourth-order valence-electron chi connectivity index (χ4n) is 3.83. The second-order valence-corrected chi connectivity index (χ2v) is 7.67. The molecule has 1 aromatic heterocycles. The molecule has 148 valence electrons. The Balaban J connectivity index is 1.33. The predicted molar refractivity (Wildman–Crippen MR) is 116 cm³/mol. The van der Waals surface area contributed by atoms with Crippen molar-refractivity contribution < 1.29 is 4.79 Å². The molecule has 1 aliphatic rings. The molecule has 0 radical (unpaired) electrons. The molecule has 0 saturated carbocycles. The summed E-state index contributed by atoms with van der Waals surface area (Å²) in [6, 6.07) is 22.0. The number of rotatable bonds is 5. The van der Waals surface area contributed by atoms with E-state index in [-0.39, 0.29) is 5.91 Å². The zero-order chi connectivity index (χ0) is 20.1. The van der Waals surface area contributed by atoms with E-state index in [1.807, 2.05) is 37.3 Å². The second kappa shape index (κ2) is 8.86. The third kappa shape index (κ3) is 4.80. The Bertz CT molecular complexity index is 948. The number of aromatic nitrogens is 2. The zero-order valence-electron chi connectivity index (χ0n) is 16.7. The summed E-state index contributed by atoms with van der Waals surface area (Å²) in [4.78, 5) is 14.7. The molecule has 1 amide bonds. The Hall–Kier alpha value is -3.21. The highest BCUT2D eigenvalue weighted by Crippen LogP contribution is 2.24. The lowest BCUT2D eigenvalue weighted by Gasteiger charge is -2.32. The maximum absolute atomic E-state index is 12.4. The number of carbonyl (C=O) groups is 1. The average molecular weight is 386 g/mol. The zero-order valence-corrected chi connectivity index (χ0v) is 16.7. The highest BCUT2D eigenvalue weighted by atomic mass is 16.1. The van der Waals surface area contributed by atoms with E-state index in [9.17, 15) is 4.79 Å². The lowest BCUT2D eigenvalue weighted by molar-refractivity contribution is 0.102. The van der Waals surface area contributed by atoms with Crippen molar-refractivity contribution in [2.75, 3.05) is 23.3 Å². The summed E-state index contributed by atoms with van der Waals surface area (Å²) < 4.78 is 0. The normalized spacial score (nSPS) is 14.6. The van der Waals surface area contributed by atoms with Gasteiger partial charge in [-0.3, -0.25) is 4.79 Å². The lowest BCUT2D eigenvalue weighted by atomic mass is 9.90. The smallest absolute Gasteiger partial charge is 0.276 e. The van der Waals surface area contributed by atoms with Crippen LogP contribution in [0.3, 0.4) is 0 Å². The number of hydrogen-bond donors (Lipinski definition) is 1. The van der Waals surface area contributed by atoms with E-state index in [0.29, 0.717) is 11.6 Å². The summed E-state index contributed by atoms with van der Waals surface area (Å²) in [6.45, 7) is 3.91. The van der Waals surface area contributed by atoms with Crippen LogP contribution < -0.4 is 10.2 Å². The Labute approximate surface area is 171 Å². The van der Waals surface area contributed by atoms with Crippen LogP contribution in [0, 0.1) is 12.8 Å². The van der Waals surface area contributed by atoms with Gasteiger partial charge in [0, 0.05) is 18.8 Å². The first kappa shape index (κ1) is 19.1.